The van der Waals surface area contributed by atoms with Gasteiger partial charge in [0.05, 0.1) is 5.02 Å². The minimum absolute atomic E-state index is 0.0244. The van der Waals surface area contributed by atoms with Gasteiger partial charge in [0.15, 0.2) is 5.11 Å². The third-order valence-corrected chi connectivity index (χ3v) is 3.08. The Morgan fingerprint density at radius 2 is 1.80 bits per heavy atom. The molecular formula is C14H11ClF2N2S. The van der Waals surface area contributed by atoms with Crippen LogP contribution in [-0.2, 0) is 6.54 Å². The molecule has 0 unspecified atom stereocenters. The van der Waals surface area contributed by atoms with Crippen molar-refractivity contribution in [2.24, 2.45) is 0 Å². The normalized spacial score (nSPS) is 10.2. The standard InChI is InChI=1S/C14H11ClF2N2S/c15-12-7-11(5-6-13(12)17)19-14(20)18-8-9-1-3-10(16)4-2-9/h1-7H,8H2,(H2,18,19,20). The molecule has 2 nitrogen and oxygen atoms in total. The van der Waals surface area contributed by atoms with Crippen LogP contribution in [0.25, 0.3) is 0 Å². The number of hydrogen-bond acceptors (Lipinski definition) is 1. The molecule has 0 saturated carbocycles. The van der Waals surface area contributed by atoms with Crippen LogP contribution in [-0.4, -0.2) is 5.11 Å². The number of halogens is 3. The van der Waals surface area contributed by atoms with Gasteiger partial charge in [0.1, 0.15) is 11.6 Å². The predicted octanol–water partition coefficient (Wildman–Crippen LogP) is 4.10. The van der Waals surface area contributed by atoms with Gasteiger partial charge in [0.25, 0.3) is 0 Å². The van der Waals surface area contributed by atoms with Gasteiger partial charge in [-0.05, 0) is 48.1 Å². The Morgan fingerprint density at radius 3 is 2.45 bits per heavy atom. The Labute approximate surface area is 125 Å². The zero-order chi connectivity index (χ0) is 14.5. The minimum atomic E-state index is -0.484. The van der Waals surface area contributed by atoms with E-state index in [1.807, 2.05) is 0 Å². The summed E-state index contributed by atoms with van der Waals surface area (Å²) < 4.78 is 25.7. The predicted molar refractivity (Wildman–Crippen MR) is 80.9 cm³/mol. The summed E-state index contributed by atoms with van der Waals surface area (Å²) in [7, 11) is 0. The highest BCUT2D eigenvalue weighted by atomic mass is 35.5. The molecule has 2 rings (SSSR count). The fourth-order valence-corrected chi connectivity index (χ4v) is 1.90. The quantitative estimate of drug-likeness (QED) is 0.834. The molecule has 0 aliphatic rings. The Bertz CT molecular complexity index is 617. The van der Waals surface area contributed by atoms with Crippen LogP contribution in [0.3, 0.4) is 0 Å². The first-order valence-electron chi connectivity index (χ1n) is 5.79. The second kappa shape index (κ2) is 6.63. The van der Waals surface area contributed by atoms with Gasteiger partial charge in [-0.25, -0.2) is 8.78 Å². The van der Waals surface area contributed by atoms with Crippen molar-refractivity contribution in [3.05, 3.63) is 64.7 Å². The van der Waals surface area contributed by atoms with Gasteiger partial charge < -0.3 is 10.6 Å². The Morgan fingerprint density at radius 1 is 1.10 bits per heavy atom. The number of benzene rings is 2. The Hall–Kier alpha value is -1.72. The molecule has 6 heteroatoms. The first kappa shape index (κ1) is 14.7. The van der Waals surface area contributed by atoms with Gasteiger partial charge in [-0.2, -0.15) is 0 Å². The van der Waals surface area contributed by atoms with Crippen LogP contribution < -0.4 is 10.6 Å². The number of hydrogen-bond donors (Lipinski definition) is 2. The van der Waals surface area contributed by atoms with Crippen LogP contribution in [0.5, 0.6) is 0 Å². The molecule has 0 atom stereocenters. The molecule has 2 N–H and O–H groups in total. The maximum atomic E-state index is 13.0. The number of anilines is 1. The molecule has 20 heavy (non-hydrogen) atoms. The molecule has 2 aromatic carbocycles. The van der Waals surface area contributed by atoms with E-state index in [0.717, 1.165) is 5.56 Å². The van der Waals surface area contributed by atoms with Gasteiger partial charge >= 0.3 is 0 Å². The molecule has 0 spiro atoms. The van der Waals surface area contributed by atoms with E-state index in [-0.39, 0.29) is 10.8 Å². The van der Waals surface area contributed by atoms with Crippen molar-refractivity contribution in [2.75, 3.05) is 5.32 Å². The van der Waals surface area contributed by atoms with Crippen LogP contribution in [0.15, 0.2) is 42.5 Å². The van der Waals surface area contributed by atoms with E-state index >= 15 is 0 Å². The summed E-state index contributed by atoms with van der Waals surface area (Å²) in [6.07, 6.45) is 0. The molecule has 0 bridgehead atoms. The molecule has 0 aliphatic carbocycles. The lowest BCUT2D eigenvalue weighted by molar-refractivity contribution is 0.626. The highest BCUT2D eigenvalue weighted by Gasteiger charge is 2.02. The van der Waals surface area contributed by atoms with Crippen LogP contribution >= 0.6 is 23.8 Å². The molecule has 0 heterocycles. The molecule has 2 aromatic rings. The van der Waals surface area contributed by atoms with Gasteiger partial charge in [-0.15, -0.1) is 0 Å². The largest absolute Gasteiger partial charge is 0.358 e. The monoisotopic (exact) mass is 312 g/mol. The summed E-state index contributed by atoms with van der Waals surface area (Å²) in [5.41, 5.74) is 1.49. The molecule has 0 saturated heterocycles. The fraction of sp³-hybridized carbons (Fsp3) is 0.0714. The van der Waals surface area contributed by atoms with Crippen LogP contribution in [0.4, 0.5) is 14.5 Å². The Balaban J connectivity index is 1.89. The van der Waals surface area contributed by atoms with E-state index in [9.17, 15) is 8.78 Å². The highest BCUT2D eigenvalue weighted by molar-refractivity contribution is 7.80. The third kappa shape index (κ3) is 4.15. The second-order valence-electron chi connectivity index (χ2n) is 4.06. The zero-order valence-electron chi connectivity index (χ0n) is 10.3. The molecular weight excluding hydrogens is 302 g/mol. The lowest BCUT2D eigenvalue weighted by atomic mass is 10.2. The third-order valence-electron chi connectivity index (χ3n) is 2.54. The highest BCUT2D eigenvalue weighted by Crippen LogP contribution is 2.19. The summed E-state index contributed by atoms with van der Waals surface area (Å²) >= 11 is 10.8. The smallest absolute Gasteiger partial charge is 0.171 e. The summed E-state index contributed by atoms with van der Waals surface area (Å²) in [6.45, 7) is 0.459. The number of thiocarbonyl (C=S) groups is 1. The van der Waals surface area contributed by atoms with E-state index < -0.39 is 5.82 Å². The second-order valence-corrected chi connectivity index (χ2v) is 4.88. The van der Waals surface area contributed by atoms with Crippen molar-refractivity contribution in [1.82, 2.24) is 5.32 Å². The van der Waals surface area contributed by atoms with Crippen molar-refractivity contribution < 1.29 is 8.78 Å². The van der Waals surface area contributed by atoms with Crippen molar-refractivity contribution in [2.45, 2.75) is 6.54 Å². The van der Waals surface area contributed by atoms with Crippen LogP contribution in [0.2, 0.25) is 5.02 Å². The van der Waals surface area contributed by atoms with Gasteiger partial charge in [-0.1, -0.05) is 23.7 Å². The number of nitrogens with one attached hydrogen (secondary N) is 2. The molecule has 0 amide bonds. The van der Waals surface area contributed by atoms with Gasteiger partial charge in [-0.3, -0.25) is 0 Å². The molecule has 0 aliphatic heterocycles. The average Bonchev–Trinajstić information content (AvgIpc) is 2.42. The molecule has 0 aromatic heterocycles. The zero-order valence-corrected chi connectivity index (χ0v) is 11.9. The van der Waals surface area contributed by atoms with Crippen LogP contribution in [0.1, 0.15) is 5.56 Å². The topological polar surface area (TPSA) is 24.1 Å². The SMILES string of the molecule is Fc1ccc(CNC(=S)Nc2ccc(F)c(Cl)c2)cc1. The maximum Gasteiger partial charge on any atom is 0.171 e. The van der Waals surface area contributed by atoms with E-state index in [4.69, 9.17) is 23.8 Å². The lowest BCUT2D eigenvalue weighted by Gasteiger charge is -2.11. The van der Waals surface area contributed by atoms with Crippen molar-refractivity contribution in [3.8, 4) is 0 Å². The van der Waals surface area contributed by atoms with E-state index in [2.05, 4.69) is 10.6 Å². The fourth-order valence-electron chi connectivity index (χ4n) is 1.53. The van der Waals surface area contributed by atoms with E-state index in [0.29, 0.717) is 17.3 Å². The summed E-state index contributed by atoms with van der Waals surface area (Å²) in [5.74, 6) is -0.766. The average molecular weight is 313 g/mol. The first-order valence-corrected chi connectivity index (χ1v) is 6.57. The molecule has 0 fully saturated rings. The minimum Gasteiger partial charge on any atom is -0.358 e. The first-order chi connectivity index (χ1) is 9.54. The lowest BCUT2D eigenvalue weighted by Crippen LogP contribution is -2.27. The molecule has 0 radical (unpaired) electrons. The van der Waals surface area contributed by atoms with Gasteiger partial charge in [0, 0.05) is 12.2 Å². The Kier molecular flexibility index (Phi) is 4.87. The van der Waals surface area contributed by atoms with Crippen molar-refractivity contribution >= 4 is 34.6 Å². The summed E-state index contributed by atoms with van der Waals surface area (Å²) in [4.78, 5) is 0. The van der Waals surface area contributed by atoms with Crippen molar-refractivity contribution in [3.63, 3.8) is 0 Å². The van der Waals surface area contributed by atoms with E-state index in [1.54, 1.807) is 12.1 Å². The van der Waals surface area contributed by atoms with Crippen LogP contribution in [0, 0.1) is 11.6 Å². The van der Waals surface area contributed by atoms with E-state index in [1.165, 1.54) is 30.3 Å². The summed E-state index contributed by atoms with van der Waals surface area (Å²) in [5, 5.41) is 6.25. The van der Waals surface area contributed by atoms with Gasteiger partial charge in [0.2, 0.25) is 0 Å². The summed E-state index contributed by atoms with van der Waals surface area (Å²) in [6, 6.07) is 10.3. The van der Waals surface area contributed by atoms with Crippen molar-refractivity contribution in [1.29, 1.82) is 0 Å². The molecule has 104 valence electrons. The number of rotatable bonds is 3. The maximum absolute atomic E-state index is 13.0.